The Bertz CT molecular complexity index is 370. The monoisotopic (exact) mass is 303 g/mol. The molecule has 1 atom stereocenters. The summed E-state index contributed by atoms with van der Waals surface area (Å²) < 4.78 is 24.5. The van der Waals surface area contributed by atoms with E-state index in [1.165, 1.54) is 6.07 Å². The number of ether oxygens (including phenoxy) is 2. The maximum Gasteiger partial charge on any atom is 0.137 e. The zero-order chi connectivity index (χ0) is 12.1. The standard InChI is InChI=1S/C12H15BrFNO2/c13-11-2-1-9(5-12(11)14)6-15-7-10-8-16-3-4-17-10/h1-2,5,10,15H,3-4,6-8H2. The van der Waals surface area contributed by atoms with E-state index in [1.54, 1.807) is 6.07 Å². The van der Waals surface area contributed by atoms with E-state index in [1.807, 2.05) is 6.07 Å². The normalized spacial score (nSPS) is 20.5. The molecule has 0 radical (unpaired) electrons. The molecule has 1 aliphatic heterocycles. The van der Waals surface area contributed by atoms with Gasteiger partial charge < -0.3 is 14.8 Å². The Hall–Kier alpha value is -0.490. The van der Waals surface area contributed by atoms with Crippen molar-refractivity contribution in [3.8, 4) is 0 Å². The van der Waals surface area contributed by atoms with Crippen LogP contribution < -0.4 is 5.32 Å². The Morgan fingerprint density at radius 3 is 3.00 bits per heavy atom. The number of benzene rings is 1. The van der Waals surface area contributed by atoms with Gasteiger partial charge in [0.05, 0.1) is 30.4 Å². The third kappa shape index (κ3) is 4.03. The van der Waals surface area contributed by atoms with Crippen molar-refractivity contribution in [1.82, 2.24) is 5.32 Å². The van der Waals surface area contributed by atoms with Crippen molar-refractivity contribution in [2.75, 3.05) is 26.4 Å². The van der Waals surface area contributed by atoms with Crippen molar-refractivity contribution in [2.45, 2.75) is 12.6 Å². The van der Waals surface area contributed by atoms with Crippen molar-refractivity contribution < 1.29 is 13.9 Å². The van der Waals surface area contributed by atoms with Crippen molar-refractivity contribution in [3.63, 3.8) is 0 Å². The first-order valence-electron chi connectivity index (χ1n) is 5.59. The maximum atomic E-state index is 13.2. The average Bonchev–Trinajstić information content (AvgIpc) is 2.35. The number of rotatable bonds is 4. The van der Waals surface area contributed by atoms with Crippen LogP contribution in [0.2, 0.25) is 0 Å². The zero-order valence-corrected chi connectivity index (χ0v) is 11.0. The van der Waals surface area contributed by atoms with E-state index < -0.39 is 0 Å². The number of halogens is 2. The molecule has 0 aliphatic carbocycles. The lowest BCUT2D eigenvalue weighted by Crippen LogP contribution is -2.37. The van der Waals surface area contributed by atoms with Gasteiger partial charge in [-0.25, -0.2) is 4.39 Å². The highest BCUT2D eigenvalue weighted by Gasteiger charge is 2.13. The summed E-state index contributed by atoms with van der Waals surface area (Å²) in [6.45, 7) is 3.30. The van der Waals surface area contributed by atoms with Gasteiger partial charge in [-0.15, -0.1) is 0 Å². The minimum Gasteiger partial charge on any atom is -0.376 e. The zero-order valence-electron chi connectivity index (χ0n) is 9.42. The highest BCUT2D eigenvalue weighted by atomic mass is 79.9. The van der Waals surface area contributed by atoms with E-state index >= 15 is 0 Å². The predicted molar refractivity (Wildman–Crippen MR) is 66.4 cm³/mol. The molecule has 17 heavy (non-hydrogen) atoms. The van der Waals surface area contributed by atoms with Gasteiger partial charge in [-0.1, -0.05) is 6.07 Å². The van der Waals surface area contributed by atoms with Crippen LogP contribution in [-0.4, -0.2) is 32.5 Å². The molecular weight excluding hydrogens is 289 g/mol. The highest BCUT2D eigenvalue weighted by molar-refractivity contribution is 9.10. The second kappa shape index (κ2) is 6.44. The SMILES string of the molecule is Fc1cc(CNCC2COCCO2)ccc1Br. The molecule has 3 nitrogen and oxygen atoms in total. The summed E-state index contributed by atoms with van der Waals surface area (Å²) in [5.74, 6) is -0.235. The topological polar surface area (TPSA) is 30.5 Å². The molecule has 0 amide bonds. The fraction of sp³-hybridized carbons (Fsp3) is 0.500. The van der Waals surface area contributed by atoms with Gasteiger partial charge >= 0.3 is 0 Å². The highest BCUT2D eigenvalue weighted by Crippen LogP contribution is 2.16. The number of hydrogen-bond donors (Lipinski definition) is 1. The third-order valence-electron chi connectivity index (χ3n) is 2.57. The maximum absolute atomic E-state index is 13.2. The van der Waals surface area contributed by atoms with Crippen molar-refractivity contribution >= 4 is 15.9 Å². The number of nitrogens with one attached hydrogen (secondary N) is 1. The smallest absolute Gasteiger partial charge is 0.137 e. The van der Waals surface area contributed by atoms with E-state index in [9.17, 15) is 4.39 Å². The van der Waals surface area contributed by atoms with E-state index in [0.717, 1.165) is 12.1 Å². The van der Waals surface area contributed by atoms with E-state index in [0.29, 0.717) is 30.8 Å². The van der Waals surface area contributed by atoms with Gasteiger partial charge in [-0.05, 0) is 33.6 Å². The molecule has 0 aromatic heterocycles. The van der Waals surface area contributed by atoms with Crippen LogP contribution in [0.4, 0.5) is 4.39 Å². The second-order valence-electron chi connectivity index (χ2n) is 3.95. The summed E-state index contributed by atoms with van der Waals surface area (Å²) in [4.78, 5) is 0. The molecule has 0 bridgehead atoms. The van der Waals surface area contributed by atoms with Gasteiger partial charge in [0.15, 0.2) is 0 Å². The Morgan fingerprint density at radius 1 is 1.41 bits per heavy atom. The quantitative estimate of drug-likeness (QED) is 0.924. The Balaban J connectivity index is 1.75. The molecule has 1 heterocycles. The van der Waals surface area contributed by atoms with Crippen LogP contribution in [0.25, 0.3) is 0 Å². The fourth-order valence-electron chi connectivity index (χ4n) is 1.68. The molecule has 1 N–H and O–H groups in total. The summed E-state index contributed by atoms with van der Waals surface area (Å²) in [5.41, 5.74) is 0.919. The first-order valence-corrected chi connectivity index (χ1v) is 6.39. The molecular formula is C12H15BrFNO2. The minimum absolute atomic E-state index is 0.101. The van der Waals surface area contributed by atoms with Gasteiger partial charge in [0, 0.05) is 13.1 Å². The molecule has 0 spiro atoms. The molecule has 5 heteroatoms. The molecule has 0 saturated carbocycles. The van der Waals surface area contributed by atoms with Crippen molar-refractivity contribution in [1.29, 1.82) is 0 Å². The largest absolute Gasteiger partial charge is 0.376 e. The molecule has 1 aliphatic rings. The van der Waals surface area contributed by atoms with Crippen LogP contribution in [0.15, 0.2) is 22.7 Å². The van der Waals surface area contributed by atoms with Crippen LogP contribution in [-0.2, 0) is 16.0 Å². The Morgan fingerprint density at radius 2 is 2.29 bits per heavy atom. The molecule has 2 rings (SSSR count). The van der Waals surface area contributed by atoms with E-state index in [-0.39, 0.29) is 11.9 Å². The fourth-order valence-corrected chi connectivity index (χ4v) is 1.93. The van der Waals surface area contributed by atoms with Gasteiger partial charge in [0.2, 0.25) is 0 Å². The van der Waals surface area contributed by atoms with Gasteiger partial charge in [0.25, 0.3) is 0 Å². The summed E-state index contributed by atoms with van der Waals surface area (Å²) in [7, 11) is 0. The second-order valence-corrected chi connectivity index (χ2v) is 4.80. The first-order chi connectivity index (χ1) is 8.25. The van der Waals surface area contributed by atoms with E-state index in [4.69, 9.17) is 9.47 Å². The van der Waals surface area contributed by atoms with E-state index in [2.05, 4.69) is 21.2 Å². The van der Waals surface area contributed by atoms with Crippen LogP contribution in [0.1, 0.15) is 5.56 Å². The molecule has 1 saturated heterocycles. The van der Waals surface area contributed by atoms with Crippen LogP contribution in [0.3, 0.4) is 0 Å². The Labute approximate surface area is 108 Å². The molecule has 1 aromatic carbocycles. The first kappa shape index (κ1) is 13.0. The molecule has 94 valence electrons. The van der Waals surface area contributed by atoms with Gasteiger partial charge in [-0.2, -0.15) is 0 Å². The lowest BCUT2D eigenvalue weighted by molar-refractivity contribution is -0.0864. The summed E-state index contributed by atoms with van der Waals surface area (Å²) in [6.07, 6.45) is 0.101. The Kier molecular flexibility index (Phi) is 4.91. The van der Waals surface area contributed by atoms with Crippen molar-refractivity contribution in [3.05, 3.63) is 34.1 Å². The van der Waals surface area contributed by atoms with Crippen molar-refractivity contribution in [2.24, 2.45) is 0 Å². The summed E-state index contributed by atoms with van der Waals surface area (Å²) in [5, 5.41) is 3.23. The van der Waals surface area contributed by atoms with Crippen LogP contribution >= 0.6 is 15.9 Å². The van der Waals surface area contributed by atoms with Gasteiger partial charge in [0.1, 0.15) is 5.82 Å². The molecule has 1 fully saturated rings. The van der Waals surface area contributed by atoms with Crippen LogP contribution in [0.5, 0.6) is 0 Å². The summed E-state index contributed by atoms with van der Waals surface area (Å²) in [6, 6.07) is 5.13. The number of hydrogen-bond acceptors (Lipinski definition) is 3. The average molecular weight is 304 g/mol. The van der Waals surface area contributed by atoms with Gasteiger partial charge in [-0.3, -0.25) is 0 Å². The third-order valence-corrected chi connectivity index (χ3v) is 3.21. The van der Waals surface area contributed by atoms with Crippen LogP contribution in [0, 0.1) is 5.82 Å². The summed E-state index contributed by atoms with van der Waals surface area (Å²) >= 11 is 3.13. The molecule has 1 aromatic rings. The predicted octanol–water partition coefficient (Wildman–Crippen LogP) is 2.09. The lowest BCUT2D eigenvalue weighted by Gasteiger charge is -2.23. The lowest BCUT2D eigenvalue weighted by atomic mass is 10.2. The minimum atomic E-state index is -0.235. The molecule has 1 unspecified atom stereocenters.